The van der Waals surface area contributed by atoms with Crippen LogP contribution in [0.25, 0.3) is 11.3 Å². The molecule has 2 N–H and O–H groups in total. The van der Waals surface area contributed by atoms with E-state index in [2.05, 4.69) is 37.2 Å². The van der Waals surface area contributed by atoms with Gasteiger partial charge in [-0.3, -0.25) is 4.68 Å². The Kier molecular flexibility index (Phi) is 6.46. The molecule has 2 aromatic carbocycles. The third kappa shape index (κ3) is 5.09. The molecule has 5 rings (SSSR count). The minimum absolute atomic E-state index is 0.0190. The van der Waals surface area contributed by atoms with Crippen molar-refractivity contribution in [1.82, 2.24) is 25.1 Å². The van der Waals surface area contributed by atoms with Crippen LogP contribution in [-0.4, -0.2) is 41.3 Å². The van der Waals surface area contributed by atoms with Gasteiger partial charge in [-0.25, -0.2) is 18.1 Å². The highest BCUT2D eigenvalue weighted by molar-refractivity contribution is 7.92. The maximum Gasteiger partial charge on any atom is 0.267 e. The molecule has 0 saturated carbocycles. The number of aromatic nitrogens is 4. The number of hydrogen-bond donors (Lipinski definition) is 2. The summed E-state index contributed by atoms with van der Waals surface area (Å²) in [6, 6.07) is 15.6. The molecular formula is C26H28N6O3S. The van der Waals surface area contributed by atoms with E-state index >= 15 is 0 Å². The molecule has 0 radical (unpaired) electrons. The second kappa shape index (κ2) is 9.71. The molecule has 0 aliphatic carbocycles. The minimum atomic E-state index is -3.94. The van der Waals surface area contributed by atoms with Gasteiger partial charge in [0.05, 0.1) is 11.9 Å². The highest BCUT2D eigenvalue weighted by Gasteiger charge is 2.21. The molecule has 10 heteroatoms. The van der Waals surface area contributed by atoms with Gasteiger partial charge in [-0.05, 0) is 61.6 Å². The largest absolute Gasteiger partial charge is 0.439 e. The average Bonchev–Trinajstić information content (AvgIpc) is 3.52. The van der Waals surface area contributed by atoms with Crippen molar-refractivity contribution in [3.05, 3.63) is 77.6 Å². The molecule has 186 valence electrons. The van der Waals surface area contributed by atoms with Gasteiger partial charge in [0.1, 0.15) is 10.6 Å². The van der Waals surface area contributed by atoms with Crippen LogP contribution in [0.4, 0.5) is 5.95 Å². The maximum atomic E-state index is 12.9. The van der Waals surface area contributed by atoms with Crippen LogP contribution in [0.15, 0.2) is 65.8 Å². The highest BCUT2D eigenvalue weighted by Crippen LogP contribution is 2.32. The SMILES string of the molecule is Cc1cccc(C)c1-c1cc(Oc2ccc(C3CCNC3)cc2)nc(NS(=O)(=O)c2cnn(C)c2)n1. The average molecular weight is 505 g/mol. The molecule has 0 spiro atoms. The fourth-order valence-corrected chi connectivity index (χ4v) is 5.38. The molecule has 9 nitrogen and oxygen atoms in total. The van der Waals surface area contributed by atoms with Crippen molar-refractivity contribution in [2.24, 2.45) is 7.05 Å². The van der Waals surface area contributed by atoms with Crippen molar-refractivity contribution in [2.45, 2.75) is 31.1 Å². The molecule has 0 amide bonds. The zero-order valence-corrected chi connectivity index (χ0v) is 21.2. The predicted molar refractivity (Wildman–Crippen MR) is 138 cm³/mol. The molecule has 36 heavy (non-hydrogen) atoms. The molecule has 0 bridgehead atoms. The van der Waals surface area contributed by atoms with Gasteiger partial charge in [0.15, 0.2) is 0 Å². The fraction of sp³-hybridized carbons (Fsp3) is 0.269. The Morgan fingerprint density at radius 3 is 2.47 bits per heavy atom. The van der Waals surface area contributed by atoms with E-state index in [-0.39, 0.29) is 16.7 Å². The fourth-order valence-electron chi connectivity index (χ4n) is 4.45. The van der Waals surface area contributed by atoms with Gasteiger partial charge < -0.3 is 10.1 Å². The Hall–Kier alpha value is -3.76. The quantitative estimate of drug-likeness (QED) is 0.389. The van der Waals surface area contributed by atoms with Gasteiger partial charge in [0, 0.05) is 31.4 Å². The molecule has 2 aromatic heterocycles. The van der Waals surface area contributed by atoms with Crippen molar-refractivity contribution < 1.29 is 13.2 Å². The van der Waals surface area contributed by atoms with Crippen LogP contribution >= 0.6 is 0 Å². The van der Waals surface area contributed by atoms with Crippen molar-refractivity contribution in [1.29, 1.82) is 0 Å². The summed E-state index contributed by atoms with van der Waals surface area (Å²) in [6.45, 7) is 5.98. The van der Waals surface area contributed by atoms with E-state index in [9.17, 15) is 8.42 Å². The topological polar surface area (TPSA) is 111 Å². The summed E-state index contributed by atoms with van der Waals surface area (Å²) in [5.41, 5.74) is 4.74. The molecular weight excluding hydrogens is 476 g/mol. The van der Waals surface area contributed by atoms with Crippen LogP contribution in [0.1, 0.15) is 29.0 Å². The first-order valence-corrected chi connectivity index (χ1v) is 13.2. The lowest BCUT2D eigenvalue weighted by molar-refractivity contribution is 0.462. The van der Waals surface area contributed by atoms with Gasteiger partial charge in [-0.2, -0.15) is 10.1 Å². The van der Waals surface area contributed by atoms with Gasteiger partial charge in [0.25, 0.3) is 10.0 Å². The van der Waals surface area contributed by atoms with E-state index in [4.69, 9.17) is 4.74 Å². The smallest absolute Gasteiger partial charge is 0.267 e. The molecule has 1 fully saturated rings. The predicted octanol–water partition coefficient (Wildman–Crippen LogP) is 4.16. The van der Waals surface area contributed by atoms with Gasteiger partial charge in [0.2, 0.25) is 11.8 Å². The first-order chi connectivity index (χ1) is 17.3. The van der Waals surface area contributed by atoms with Crippen molar-refractivity contribution >= 4 is 16.0 Å². The van der Waals surface area contributed by atoms with Crippen LogP contribution in [0.2, 0.25) is 0 Å². The minimum Gasteiger partial charge on any atom is -0.439 e. The van der Waals surface area contributed by atoms with Crippen LogP contribution in [0, 0.1) is 13.8 Å². The third-order valence-electron chi connectivity index (χ3n) is 6.29. The maximum absolute atomic E-state index is 12.9. The summed E-state index contributed by atoms with van der Waals surface area (Å²) in [7, 11) is -2.29. The normalized spacial score (nSPS) is 15.7. The number of nitrogens with zero attached hydrogens (tertiary/aromatic N) is 4. The summed E-state index contributed by atoms with van der Waals surface area (Å²) in [4.78, 5) is 8.92. The van der Waals surface area contributed by atoms with E-state index in [0.29, 0.717) is 17.4 Å². The van der Waals surface area contributed by atoms with Crippen LogP contribution in [-0.2, 0) is 17.1 Å². The van der Waals surface area contributed by atoms with Gasteiger partial charge in [-0.1, -0.05) is 30.3 Å². The van der Waals surface area contributed by atoms with Crippen molar-refractivity contribution in [2.75, 3.05) is 17.8 Å². The van der Waals surface area contributed by atoms with E-state index in [1.807, 2.05) is 44.2 Å². The van der Waals surface area contributed by atoms with E-state index in [1.165, 1.54) is 22.6 Å². The standard InChI is InChI=1S/C26H28N6O3S/c1-17-5-4-6-18(2)25(17)23-13-24(35-21-9-7-19(8-10-21)20-11-12-27-14-20)30-26(29-23)31-36(33,34)22-15-28-32(3)16-22/h4-10,13,15-16,20,27H,11-12,14H2,1-3H3,(H,29,30,31). The molecule has 1 atom stereocenters. The Bertz CT molecular complexity index is 1470. The summed E-state index contributed by atoms with van der Waals surface area (Å²) >= 11 is 0. The lowest BCUT2D eigenvalue weighted by atomic mass is 9.98. The Balaban J connectivity index is 1.50. The van der Waals surface area contributed by atoms with Gasteiger partial charge >= 0.3 is 0 Å². The zero-order chi connectivity index (χ0) is 25.3. The first-order valence-electron chi connectivity index (χ1n) is 11.7. The molecule has 1 aliphatic rings. The number of sulfonamides is 1. The van der Waals surface area contributed by atoms with Crippen LogP contribution < -0.4 is 14.8 Å². The second-order valence-electron chi connectivity index (χ2n) is 9.00. The summed E-state index contributed by atoms with van der Waals surface area (Å²) in [5, 5.41) is 7.33. The lowest BCUT2D eigenvalue weighted by Crippen LogP contribution is -2.15. The number of nitrogens with one attached hydrogen (secondary N) is 2. The number of rotatable bonds is 7. The molecule has 1 saturated heterocycles. The zero-order valence-electron chi connectivity index (χ0n) is 20.4. The molecule has 1 unspecified atom stereocenters. The monoisotopic (exact) mass is 504 g/mol. The molecule has 4 aromatic rings. The molecule has 1 aliphatic heterocycles. The van der Waals surface area contributed by atoms with E-state index in [0.717, 1.165) is 36.2 Å². The second-order valence-corrected chi connectivity index (χ2v) is 10.7. The Labute approximate surface area is 210 Å². The third-order valence-corrected chi connectivity index (χ3v) is 7.57. The number of aryl methyl sites for hydroxylation is 3. The van der Waals surface area contributed by atoms with Crippen LogP contribution in [0.5, 0.6) is 11.6 Å². The Morgan fingerprint density at radius 2 is 1.83 bits per heavy atom. The summed E-state index contributed by atoms with van der Waals surface area (Å²) in [5.74, 6) is 1.27. The number of benzene rings is 2. The first kappa shape index (κ1) is 24.0. The summed E-state index contributed by atoms with van der Waals surface area (Å²) < 4.78 is 35.9. The number of hydrogen-bond acceptors (Lipinski definition) is 7. The molecule has 3 heterocycles. The van der Waals surface area contributed by atoms with Crippen molar-refractivity contribution in [3.63, 3.8) is 0 Å². The number of ether oxygens (including phenoxy) is 1. The Morgan fingerprint density at radius 1 is 1.08 bits per heavy atom. The summed E-state index contributed by atoms with van der Waals surface area (Å²) in [6.07, 6.45) is 3.80. The van der Waals surface area contributed by atoms with Gasteiger partial charge in [-0.15, -0.1) is 0 Å². The number of anilines is 1. The lowest BCUT2D eigenvalue weighted by Gasteiger charge is -2.14. The van der Waals surface area contributed by atoms with E-state index in [1.54, 1.807) is 13.1 Å². The van der Waals surface area contributed by atoms with E-state index < -0.39 is 10.0 Å². The van der Waals surface area contributed by atoms with Crippen molar-refractivity contribution in [3.8, 4) is 22.9 Å². The van der Waals surface area contributed by atoms with Crippen LogP contribution in [0.3, 0.4) is 0 Å². The highest BCUT2D eigenvalue weighted by atomic mass is 32.2.